The lowest BCUT2D eigenvalue weighted by atomic mass is 10.1. The van der Waals surface area contributed by atoms with E-state index in [0.717, 1.165) is 23.9 Å². The van der Waals surface area contributed by atoms with E-state index in [9.17, 15) is 27.6 Å². The Kier molecular flexibility index (Phi) is 11.9. The summed E-state index contributed by atoms with van der Waals surface area (Å²) in [4.78, 5) is 40.8. The Hall–Kier alpha value is -4.74. The number of anilines is 2. The van der Waals surface area contributed by atoms with Crippen LogP contribution in [-0.2, 0) is 15.8 Å². The second kappa shape index (κ2) is 16.3. The summed E-state index contributed by atoms with van der Waals surface area (Å²) in [6, 6.07) is 31.2. The van der Waals surface area contributed by atoms with Gasteiger partial charge in [0.2, 0.25) is 5.91 Å². The molecule has 0 fully saturated rings. The number of alkyl halides is 3. The normalized spacial score (nSPS) is 12.2. The van der Waals surface area contributed by atoms with E-state index in [2.05, 4.69) is 16.0 Å². The van der Waals surface area contributed by atoms with Crippen molar-refractivity contribution in [1.82, 2.24) is 5.32 Å². The van der Waals surface area contributed by atoms with Crippen molar-refractivity contribution in [2.75, 3.05) is 10.6 Å². The fourth-order valence-corrected chi connectivity index (χ4v) is 6.44. The highest BCUT2D eigenvalue weighted by atomic mass is 35.5. The number of halogens is 6. The van der Waals surface area contributed by atoms with E-state index in [1.807, 2.05) is 0 Å². The highest BCUT2D eigenvalue weighted by Gasteiger charge is 2.35. The molecule has 50 heavy (non-hydrogen) atoms. The van der Waals surface area contributed by atoms with Crippen molar-refractivity contribution in [1.29, 1.82) is 0 Å². The zero-order valence-electron chi connectivity index (χ0n) is 25.6. The largest absolute Gasteiger partial charge is 0.418 e. The Morgan fingerprint density at radius 2 is 1.36 bits per heavy atom. The van der Waals surface area contributed by atoms with Gasteiger partial charge in [-0.1, -0.05) is 95.5 Å². The zero-order chi connectivity index (χ0) is 35.8. The quantitative estimate of drug-likeness (QED) is 0.0979. The molecular weight excluding hydrogens is 730 g/mol. The maximum atomic E-state index is 13.8. The molecule has 3 N–H and O–H groups in total. The molecular formula is C37H25Cl3F3N3O3S. The number of carbonyl (C=O) groups excluding carboxylic acids is 3. The summed E-state index contributed by atoms with van der Waals surface area (Å²) in [7, 11) is 0. The van der Waals surface area contributed by atoms with Gasteiger partial charge in [-0.2, -0.15) is 13.2 Å². The number of hydrogen-bond acceptors (Lipinski definition) is 4. The SMILES string of the molecule is O=C(Nc1cccc(SC(C(=O)Nc2ccc(Cl)cc2C(F)(F)F)c2ccccc2)c1)/C(=C\c1c(Cl)cccc1Cl)NC(=O)c1ccccc1. The standard InChI is InChI=1S/C37H25Cl3F3N3O3S/c38-24-17-18-31(28(19-24)37(41,42)43)45-36(49)33(22-9-3-1-4-10-22)50-26-14-7-13-25(20-26)44-35(48)32(21-27-29(39)15-8-16-30(27)40)46-34(47)23-11-5-2-6-12-23/h1-21,33H,(H,44,48)(H,45,49)(H,46,47)/b32-21+. The first-order valence-corrected chi connectivity index (χ1v) is 16.7. The fourth-order valence-electron chi connectivity index (χ4n) is 4.68. The van der Waals surface area contributed by atoms with E-state index in [1.54, 1.807) is 103 Å². The monoisotopic (exact) mass is 753 g/mol. The molecule has 254 valence electrons. The number of rotatable bonds is 10. The van der Waals surface area contributed by atoms with Crippen molar-refractivity contribution in [3.63, 3.8) is 0 Å². The van der Waals surface area contributed by atoms with Crippen LogP contribution in [0.4, 0.5) is 24.5 Å². The maximum absolute atomic E-state index is 13.8. The molecule has 1 atom stereocenters. The van der Waals surface area contributed by atoms with E-state index in [4.69, 9.17) is 34.8 Å². The Balaban J connectivity index is 1.42. The summed E-state index contributed by atoms with van der Waals surface area (Å²) >= 11 is 19.6. The number of thioether (sulfide) groups is 1. The van der Waals surface area contributed by atoms with Crippen molar-refractivity contribution < 1.29 is 27.6 Å². The first-order chi connectivity index (χ1) is 23.9. The first-order valence-electron chi connectivity index (χ1n) is 14.7. The van der Waals surface area contributed by atoms with Crippen molar-refractivity contribution in [3.8, 4) is 0 Å². The summed E-state index contributed by atoms with van der Waals surface area (Å²) in [5.41, 5.74) is -0.236. The van der Waals surface area contributed by atoms with Crippen LogP contribution in [0.2, 0.25) is 15.1 Å². The minimum atomic E-state index is -4.76. The Morgan fingerprint density at radius 3 is 2.02 bits per heavy atom. The van der Waals surface area contributed by atoms with Gasteiger partial charge in [-0.3, -0.25) is 14.4 Å². The van der Waals surface area contributed by atoms with Gasteiger partial charge < -0.3 is 16.0 Å². The molecule has 0 bridgehead atoms. The molecule has 1 unspecified atom stereocenters. The third-order valence-corrected chi connectivity index (χ3v) is 9.19. The van der Waals surface area contributed by atoms with Gasteiger partial charge in [-0.25, -0.2) is 0 Å². The number of nitrogens with one attached hydrogen (secondary N) is 3. The second-order valence-corrected chi connectivity index (χ2v) is 13.0. The van der Waals surface area contributed by atoms with Crippen molar-refractivity contribution in [2.24, 2.45) is 0 Å². The van der Waals surface area contributed by atoms with E-state index < -0.39 is 40.4 Å². The second-order valence-electron chi connectivity index (χ2n) is 10.6. The number of benzene rings is 5. The highest BCUT2D eigenvalue weighted by Crippen LogP contribution is 2.40. The zero-order valence-corrected chi connectivity index (χ0v) is 28.7. The Bertz CT molecular complexity index is 2040. The molecule has 5 rings (SSSR count). The van der Waals surface area contributed by atoms with Gasteiger partial charge in [0.1, 0.15) is 10.9 Å². The van der Waals surface area contributed by atoms with Gasteiger partial charge >= 0.3 is 6.18 Å². The van der Waals surface area contributed by atoms with Gasteiger partial charge in [-0.15, -0.1) is 11.8 Å². The molecule has 0 aliphatic rings. The molecule has 0 saturated heterocycles. The number of carbonyl (C=O) groups is 3. The van der Waals surface area contributed by atoms with E-state index in [1.165, 1.54) is 12.1 Å². The molecule has 0 radical (unpaired) electrons. The molecule has 0 aliphatic heterocycles. The lowest BCUT2D eigenvalue weighted by Crippen LogP contribution is -2.30. The topological polar surface area (TPSA) is 87.3 Å². The van der Waals surface area contributed by atoms with Crippen LogP contribution in [0.5, 0.6) is 0 Å². The van der Waals surface area contributed by atoms with Gasteiger partial charge in [0, 0.05) is 36.8 Å². The van der Waals surface area contributed by atoms with E-state index in [0.29, 0.717) is 27.3 Å². The lowest BCUT2D eigenvalue weighted by molar-refractivity contribution is -0.137. The minimum Gasteiger partial charge on any atom is -0.324 e. The summed E-state index contributed by atoms with van der Waals surface area (Å²) in [5.74, 6) is -1.97. The van der Waals surface area contributed by atoms with Gasteiger partial charge in [-0.05, 0) is 72.3 Å². The minimum absolute atomic E-state index is 0.129. The van der Waals surface area contributed by atoms with Crippen LogP contribution >= 0.6 is 46.6 Å². The Morgan fingerprint density at radius 1 is 0.720 bits per heavy atom. The molecule has 0 aliphatic carbocycles. The fraction of sp³-hybridized carbons (Fsp3) is 0.0541. The van der Waals surface area contributed by atoms with Crippen LogP contribution in [0.3, 0.4) is 0 Å². The van der Waals surface area contributed by atoms with Gasteiger partial charge in [0.05, 0.1) is 11.3 Å². The average molecular weight is 755 g/mol. The van der Waals surface area contributed by atoms with Crippen LogP contribution in [0.15, 0.2) is 132 Å². The van der Waals surface area contributed by atoms with Crippen molar-refractivity contribution >= 4 is 81.7 Å². The van der Waals surface area contributed by atoms with Gasteiger partial charge in [0.15, 0.2) is 0 Å². The lowest BCUT2D eigenvalue weighted by Gasteiger charge is -2.20. The smallest absolute Gasteiger partial charge is 0.324 e. The molecule has 6 nitrogen and oxygen atoms in total. The maximum Gasteiger partial charge on any atom is 0.418 e. The molecule has 0 spiro atoms. The van der Waals surface area contributed by atoms with Crippen LogP contribution < -0.4 is 16.0 Å². The number of hydrogen-bond donors (Lipinski definition) is 3. The van der Waals surface area contributed by atoms with Crippen LogP contribution in [0, 0.1) is 0 Å². The summed E-state index contributed by atoms with van der Waals surface area (Å²) < 4.78 is 41.3. The molecule has 5 aromatic carbocycles. The third-order valence-electron chi connectivity index (χ3n) is 7.05. The predicted octanol–water partition coefficient (Wildman–Crippen LogP) is 10.5. The first kappa shape index (κ1) is 36.5. The van der Waals surface area contributed by atoms with E-state index in [-0.39, 0.29) is 20.8 Å². The molecule has 3 amide bonds. The number of amides is 3. The van der Waals surface area contributed by atoms with Crippen LogP contribution in [0.25, 0.3) is 6.08 Å². The van der Waals surface area contributed by atoms with Crippen LogP contribution in [-0.4, -0.2) is 17.7 Å². The summed E-state index contributed by atoms with van der Waals surface area (Å²) in [6.45, 7) is 0. The molecule has 0 saturated carbocycles. The Labute approximate surface area is 304 Å². The van der Waals surface area contributed by atoms with Crippen LogP contribution in [0.1, 0.15) is 32.3 Å². The van der Waals surface area contributed by atoms with Gasteiger partial charge in [0.25, 0.3) is 11.8 Å². The highest BCUT2D eigenvalue weighted by molar-refractivity contribution is 8.00. The molecule has 5 aromatic rings. The third kappa shape index (κ3) is 9.48. The molecule has 13 heteroatoms. The summed E-state index contributed by atoms with van der Waals surface area (Å²) in [5, 5.41) is 7.16. The van der Waals surface area contributed by atoms with Crippen molar-refractivity contribution in [2.45, 2.75) is 16.3 Å². The molecule has 0 aromatic heterocycles. The average Bonchev–Trinajstić information content (AvgIpc) is 3.09. The predicted molar refractivity (Wildman–Crippen MR) is 194 cm³/mol. The van der Waals surface area contributed by atoms with Crippen molar-refractivity contribution in [3.05, 3.63) is 164 Å². The van der Waals surface area contributed by atoms with E-state index >= 15 is 0 Å². The molecule has 0 heterocycles. The summed E-state index contributed by atoms with van der Waals surface area (Å²) in [6.07, 6.45) is -3.40.